The Labute approximate surface area is 113 Å². The molecule has 0 bridgehead atoms. The second-order valence-electron chi connectivity index (χ2n) is 4.67. The van der Waals surface area contributed by atoms with Gasteiger partial charge in [-0.3, -0.25) is 0 Å². The van der Waals surface area contributed by atoms with E-state index in [0.29, 0.717) is 19.5 Å². The van der Waals surface area contributed by atoms with E-state index >= 15 is 0 Å². The lowest BCUT2D eigenvalue weighted by Gasteiger charge is -2.33. The third-order valence-corrected chi connectivity index (χ3v) is 4.99. The summed E-state index contributed by atoms with van der Waals surface area (Å²) in [6.45, 7) is 0.672. The number of rotatable bonds is 6. The van der Waals surface area contributed by atoms with Gasteiger partial charge in [0.25, 0.3) is 10.2 Å². The molecule has 19 heavy (non-hydrogen) atoms. The van der Waals surface area contributed by atoms with E-state index in [4.69, 9.17) is 0 Å². The monoisotopic (exact) mass is 288 g/mol. The van der Waals surface area contributed by atoms with Gasteiger partial charge >= 0.3 is 0 Å². The van der Waals surface area contributed by atoms with Crippen molar-refractivity contribution in [2.75, 3.05) is 19.7 Å². The molecule has 2 rings (SSSR count). The molecule has 1 unspecified atom stereocenters. The molecule has 1 aromatic heterocycles. The first-order chi connectivity index (χ1) is 9.13. The van der Waals surface area contributed by atoms with E-state index in [1.54, 1.807) is 12.5 Å². The normalized spacial score (nSPS) is 21.6. The number of aliphatic hydroxyl groups excluding tert-OH is 1. The topological polar surface area (TPSA) is 98.3 Å². The number of hydrogen-bond acceptors (Lipinski definition) is 4. The van der Waals surface area contributed by atoms with Crippen LogP contribution in [0, 0.1) is 0 Å². The maximum absolute atomic E-state index is 12.2. The van der Waals surface area contributed by atoms with E-state index in [1.807, 2.05) is 0 Å². The number of aromatic nitrogens is 2. The van der Waals surface area contributed by atoms with Crippen molar-refractivity contribution in [3.05, 3.63) is 18.2 Å². The highest BCUT2D eigenvalue weighted by Gasteiger charge is 2.31. The summed E-state index contributed by atoms with van der Waals surface area (Å²) in [5.41, 5.74) is 0.889. The van der Waals surface area contributed by atoms with Gasteiger partial charge < -0.3 is 10.1 Å². The Morgan fingerprint density at radius 1 is 1.53 bits per heavy atom. The number of piperidine rings is 1. The van der Waals surface area contributed by atoms with Crippen molar-refractivity contribution >= 4 is 10.2 Å². The quantitative estimate of drug-likeness (QED) is 0.665. The molecule has 1 saturated heterocycles. The highest BCUT2D eigenvalue weighted by atomic mass is 32.2. The minimum atomic E-state index is -3.51. The average Bonchev–Trinajstić information content (AvgIpc) is 2.91. The Kier molecular flexibility index (Phi) is 4.92. The van der Waals surface area contributed by atoms with Gasteiger partial charge in [-0.15, -0.1) is 0 Å². The summed E-state index contributed by atoms with van der Waals surface area (Å²) in [6, 6.07) is -0.293. The molecule has 8 heteroatoms. The van der Waals surface area contributed by atoms with Crippen LogP contribution in [0.25, 0.3) is 0 Å². The number of aromatic amines is 1. The van der Waals surface area contributed by atoms with Crippen molar-refractivity contribution < 1.29 is 13.5 Å². The molecule has 1 atom stereocenters. The third kappa shape index (κ3) is 3.75. The minimum Gasteiger partial charge on any atom is -0.395 e. The number of nitrogens with zero attached hydrogens (tertiary/aromatic N) is 2. The van der Waals surface area contributed by atoms with Crippen molar-refractivity contribution in [2.45, 2.75) is 31.7 Å². The van der Waals surface area contributed by atoms with Crippen molar-refractivity contribution in [1.82, 2.24) is 19.0 Å². The molecule has 0 aliphatic carbocycles. The zero-order valence-electron chi connectivity index (χ0n) is 10.7. The Morgan fingerprint density at radius 3 is 3.05 bits per heavy atom. The second-order valence-corrected chi connectivity index (χ2v) is 6.38. The van der Waals surface area contributed by atoms with E-state index in [0.717, 1.165) is 25.0 Å². The fraction of sp³-hybridized carbons (Fsp3) is 0.727. The molecule has 108 valence electrons. The van der Waals surface area contributed by atoms with Gasteiger partial charge in [0.2, 0.25) is 0 Å². The van der Waals surface area contributed by atoms with Crippen molar-refractivity contribution in [3.8, 4) is 0 Å². The van der Waals surface area contributed by atoms with E-state index in [9.17, 15) is 13.5 Å². The smallest absolute Gasteiger partial charge is 0.279 e. The lowest BCUT2D eigenvalue weighted by Crippen LogP contribution is -2.50. The van der Waals surface area contributed by atoms with Gasteiger partial charge in [-0.25, -0.2) is 9.71 Å². The van der Waals surface area contributed by atoms with Gasteiger partial charge in [-0.2, -0.15) is 12.7 Å². The van der Waals surface area contributed by atoms with E-state index in [-0.39, 0.29) is 12.6 Å². The van der Waals surface area contributed by atoms with E-state index < -0.39 is 10.2 Å². The van der Waals surface area contributed by atoms with Crippen LogP contribution in [0.15, 0.2) is 12.5 Å². The zero-order chi connectivity index (χ0) is 13.7. The molecule has 1 aliphatic heterocycles. The molecule has 7 nitrogen and oxygen atoms in total. The van der Waals surface area contributed by atoms with Crippen molar-refractivity contribution in [3.63, 3.8) is 0 Å². The molecule has 1 fully saturated rings. The van der Waals surface area contributed by atoms with Crippen LogP contribution in [0.3, 0.4) is 0 Å². The third-order valence-electron chi connectivity index (χ3n) is 3.33. The predicted octanol–water partition coefficient (Wildman–Crippen LogP) is -0.367. The molecule has 0 aromatic carbocycles. The Bertz CT molecular complexity index is 474. The molecule has 3 N–H and O–H groups in total. The lowest BCUT2D eigenvalue weighted by atomic mass is 10.1. The largest absolute Gasteiger partial charge is 0.395 e. The van der Waals surface area contributed by atoms with Crippen molar-refractivity contribution in [1.29, 1.82) is 0 Å². The summed E-state index contributed by atoms with van der Waals surface area (Å²) in [5, 5.41) is 9.25. The summed E-state index contributed by atoms with van der Waals surface area (Å²) in [5.74, 6) is 0. The molecular weight excluding hydrogens is 268 g/mol. The van der Waals surface area contributed by atoms with Crippen LogP contribution in [0.5, 0.6) is 0 Å². The fourth-order valence-electron chi connectivity index (χ4n) is 2.29. The molecule has 1 aliphatic rings. The summed E-state index contributed by atoms with van der Waals surface area (Å²) in [4.78, 5) is 6.80. The molecular formula is C11H20N4O3S. The first-order valence-electron chi connectivity index (χ1n) is 6.48. The summed E-state index contributed by atoms with van der Waals surface area (Å²) < 4.78 is 28.3. The van der Waals surface area contributed by atoms with E-state index in [1.165, 1.54) is 4.31 Å². The van der Waals surface area contributed by atoms with Crippen molar-refractivity contribution in [2.24, 2.45) is 0 Å². The molecule has 0 spiro atoms. The number of aliphatic hydroxyl groups is 1. The maximum atomic E-state index is 12.2. The highest BCUT2D eigenvalue weighted by Crippen LogP contribution is 2.19. The van der Waals surface area contributed by atoms with Crippen LogP contribution in [0.4, 0.5) is 0 Å². The summed E-state index contributed by atoms with van der Waals surface area (Å²) in [7, 11) is -3.51. The number of hydrogen-bond donors (Lipinski definition) is 3. The SMILES string of the molecule is O=S(=O)(NCCc1cnc[nH]1)N1CCCCC1CO. The minimum absolute atomic E-state index is 0.124. The van der Waals surface area contributed by atoms with Gasteiger partial charge in [0.05, 0.1) is 12.9 Å². The van der Waals surface area contributed by atoms with Gasteiger partial charge in [-0.1, -0.05) is 6.42 Å². The Balaban J connectivity index is 1.89. The van der Waals surface area contributed by atoms with Crippen LogP contribution < -0.4 is 4.72 Å². The predicted molar refractivity (Wildman–Crippen MR) is 70.6 cm³/mol. The molecule has 1 aromatic rings. The zero-order valence-corrected chi connectivity index (χ0v) is 11.6. The Hall–Kier alpha value is -0.960. The van der Waals surface area contributed by atoms with Crippen LogP contribution in [0.2, 0.25) is 0 Å². The maximum Gasteiger partial charge on any atom is 0.279 e. The summed E-state index contributed by atoms with van der Waals surface area (Å²) in [6.07, 6.45) is 6.33. The van der Waals surface area contributed by atoms with Gasteiger partial charge in [-0.05, 0) is 12.8 Å². The van der Waals surface area contributed by atoms with Crippen LogP contribution in [-0.4, -0.2) is 53.5 Å². The molecule has 2 heterocycles. The van der Waals surface area contributed by atoms with Gasteiger partial charge in [0, 0.05) is 37.4 Å². The second kappa shape index (κ2) is 6.47. The molecule has 0 radical (unpaired) electrons. The summed E-state index contributed by atoms with van der Waals surface area (Å²) >= 11 is 0. The fourth-order valence-corrected chi connectivity index (χ4v) is 3.75. The first kappa shape index (κ1) is 14.4. The van der Waals surface area contributed by atoms with Crippen LogP contribution >= 0.6 is 0 Å². The van der Waals surface area contributed by atoms with Gasteiger partial charge in [0.15, 0.2) is 0 Å². The molecule has 0 saturated carbocycles. The standard InChI is InChI=1S/C11H20N4O3S/c16-8-11-3-1-2-6-15(11)19(17,18)14-5-4-10-7-12-9-13-10/h7,9,11,14,16H,1-6,8H2,(H,12,13). The lowest BCUT2D eigenvalue weighted by molar-refractivity contribution is 0.154. The number of nitrogens with one attached hydrogen (secondary N) is 2. The average molecular weight is 288 g/mol. The van der Waals surface area contributed by atoms with Crippen LogP contribution in [0.1, 0.15) is 25.0 Å². The Morgan fingerprint density at radius 2 is 2.37 bits per heavy atom. The van der Waals surface area contributed by atoms with Gasteiger partial charge in [0.1, 0.15) is 0 Å². The van der Waals surface area contributed by atoms with E-state index in [2.05, 4.69) is 14.7 Å². The highest BCUT2D eigenvalue weighted by molar-refractivity contribution is 7.87. The van der Waals surface area contributed by atoms with Crippen LogP contribution in [-0.2, 0) is 16.6 Å². The number of imidazole rings is 1. The number of H-pyrrole nitrogens is 1. The molecule has 0 amide bonds. The first-order valence-corrected chi connectivity index (χ1v) is 7.92.